The maximum absolute atomic E-state index is 14.3. The minimum absolute atomic E-state index is 0.0118. The van der Waals surface area contributed by atoms with Crippen LogP contribution in [0.1, 0.15) is 43.9 Å². The molecule has 1 fully saturated rings. The van der Waals surface area contributed by atoms with E-state index in [1.807, 2.05) is 69.3 Å². The highest BCUT2D eigenvalue weighted by atomic mass is 19.2. The predicted molar refractivity (Wildman–Crippen MR) is 147 cm³/mol. The van der Waals surface area contributed by atoms with Gasteiger partial charge >= 0.3 is 6.09 Å². The van der Waals surface area contributed by atoms with Crippen molar-refractivity contribution in [3.63, 3.8) is 0 Å². The van der Waals surface area contributed by atoms with Gasteiger partial charge < -0.3 is 24.6 Å². The fourth-order valence-corrected chi connectivity index (χ4v) is 5.82. The first kappa shape index (κ1) is 26.1. The number of amides is 2. The van der Waals surface area contributed by atoms with Crippen LogP contribution in [0.4, 0.5) is 25.0 Å². The highest BCUT2D eigenvalue weighted by Gasteiger charge is 2.57. The molecule has 0 radical (unpaired) electrons. The molecule has 6 rings (SSSR count). The molecule has 1 N–H and O–H groups in total. The van der Waals surface area contributed by atoms with Crippen molar-refractivity contribution in [2.45, 2.75) is 50.8 Å². The summed E-state index contributed by atoms with van der Waals surface area (Å²) in [5.41, 5.74) is 1.88. The van der Waals surface area contributed by atoms with Crippen molar-refractivity contribution in [1.29, 1.82) is 0 Å². The number of rotatable bonds is 4. The Morgan fingerprint density at radius 1 is 1.07 bits per heavy atom. The molecule has 0 aromatic heterocycles. The molecule has 3 aromatic rings. The smallest absolute Gasteiger partial charge is 0.410 e. The summed E-state index contributed by atoms with van der Waals surface area (Å²) in [6.45, 7) is 7.06. The number of halogens is 2. The third kappa shape index (κ3) is 4.43. The van der Waals surface area contributed by atoms with E-state index in [0.29, 0.717) is 25.2 Å². The Bertz CT molecular complexity index is 1490. The number of hydrogen-bond donors (Lipinski definition) is 1. The number of nitrogens with zero attached hydrogens (tertiary/aromatic N) is 2. The lowest BCUT2D eigenvalue weighted by Crippen LogP contribution is -2.42. The quantitative estimate of drug-likeness (QED) is 0.460. The zero-order chi connectivity index (χ0) is 28.2. The van der Waals surface area contributed by atoms with Crippen molar-refractivity contribution in [1.82, 2.24) is 4.90 Å². The summed E-state index contributed by atoms with van der Waals surface area (Å²) in [5, 5.41) is 3.48. The molecule has 40 heavy (non-hydrogen) atoms. The van der Waals surface area contributed by atoms with Crippen molar-refractivity contribution in [3.8, 4) is 5.75 Å². The van der Waals surface area contributed by atoms with Crippen LogP contribution in [0, 0.1) is 11.6 Å². The average Bonchev–Trinajstić information content (AvgIpc) is 3.58. The van der Waals surface area contributed by atoms with Crippen LogP contribution in [0.5, 0.6) is 5.75 Å². The van der Waals surface area contributed by atoms with Gasteiger partial charge in [0.1, 0.15) is 23.4 Å². The predicted octanol–water partition coefficient (Wildman–Crippen LogP) is 5.61. The average molecular weight is 548 g/mol. The largest absolute Gasteiger partial charge is 0.491 e. The van der Waals surface area contributed by atoms with E-state index >= 15 is 0 Å². The summed E-state index contributed by atoms with van der Waals surface area (Å²) in [6, 6.07) is 17.4. The molecule has 0 saturated carbocycles. The fraction of sp³-hybridized carbons (Fsp3) is 0.355. The van der Waals surface area contributed by atoms with E-state index in [1.165, 1.54) is 0 Å². The second kappa shape index (κ2) is 9.50. The Morgan fingerprint density at radius 3 is 2.55 bits per heavy atom. The lowest BCUT2D eigenvalue weighted by atomic mass is 9.77. The fourth-order valence-electron chi connectivity index (χ4n) is 5.82. The summed E-state index contributed by atoms with van der Waals surface area (Å²) in [7, 11) is 0. The number of anilines is 2. The van der Waals surface area contributed by atoms with Gasteiger partial charge in [-0.15, -0.1) is 0 Å². The van der Waals surface area contributed by atoms with Crippen molar-refractivity contribution in [2.24, 2.45) is 0 Å². The van der Waals surface area contributed by atoms with Gasteiger partial charge in [-0.3, -0.25) is 4.79 Å². The standard InChI is InChI=1S/C31H31F2N3O4/c1-30(2,3)40-29(38)35-13-12-21(17-35)34-20-10-8-19(9-11-20)16-36-26-7-5-4-6-22(26)31(28(36)37)18-39-27-15-25(33)24(32)14-23(27)31/h4-11,14-15,21,34H,12-13,16-18H2,1-3H3. The first-order chi connectivity index (χ1) is 19.0. The molecule has 7 nitrogen and oxygen atoms in total. The zero-order valence-electron chi connectivity index (χ0n) is 22.7. The molecule has 1 spiro atoms. The Labute approximate surface area is 231 Å². The van der Waals surface area contributed by atoms with Crippen molar-refractivity contribution < 1.29 is 27.8 Å². The van der Waals surface area contributed by atoms with Crippen molar-refractivity contribution in [3.05, 3.63) is 89.0 Å². The highest BCUT2D eigenvalue weighted by Crippen LogP contribution is 2.52. The van der Waals surface area contributed by atoms with E-state index in [1.54, 1.807) is 9.80 Å². The van der Waals surface area contributed by atoms with Crippen LogP contribution in [-0.2, 0) is 21.5 Å². The summed E-state index contributed by atoms with van der Waals surface area (Å²) in [6.07, 6.45) is 0.513. The van der Waals surface area contributed by atoms with Crippen LogP contribution < -0.4 is 15.0 Å². The molecular weight excluding hydrogens is 516 g/mol. The Balaban J connectivity index is 1.17. The van der Waals surface area contributed by atoms with Crippen LogP contribution in [0.25, 0.3) is 0 Å². The van der Waals surface area contributed by atoms with Gasteiger partial charge in [-0.25, -0.2) is 13.6 Å². The van der Waals surface area contributed by atoms with Gasteiger partial charge in [0.15, 0.2) is 11.6 Å². The first-order valence-corrected chi connectivity index (χ1v) is 13.4. The van der Waals surface area contributed by atoms with Crippen LogP contribution in [-0.4, -0.2) is 48.2 Å². The minimum Gasteiger partial charge on any atom is -0.491 e. The van der Waals surface area contributed by atoms with E-state index < -0.39 is 22.7 Å². The second-order valence-electron chi connectivity index (χ2n) is 11.6. The van der Waals surface area contributed by atoms with E-state index in [9.17, 15) is 18.4 Å². The van der Waals surface area contributed by atoms with Gasteiger partial charge in [0.2, 0.25) is 5.91 Å². The number of ether oxygens (including phenoxy) is 2. The minimum atomic E-state index is -1.22. The third-order valence-electron chi connectivity index (χ3n) is 7.70. The SMILES string of the molecule is CC(C)(C)OC(=O)N1CCC(Nc2ccc(CN3C(=O)C4(COc5cc(F)c(F)cc54)c4ccccc43)cc2)C1. The molecule has 3 aromatic carbocycles. The van der Waals surface area contributed by atoms with Gasteiger partial charge in [-0.2, -0.15) is 0 Å². The first-order valence-electron chi connectivity index (χ1n) is 13.4. The molecule has 2 atom stereocenters. The van der Waals surface area contributed by atoms with Gasteiger partial charge in [-0.05, 0) is 62.6 Å². The molecule has 0 bridgehead atoms. The molecule has 1 saturated heterocycles. The Morgan fingerprint density at radius 2 is 1.80 bits per heavy atom. The number of nitrogens with one attached hydrogen (secondary N) is 1. The highest BCUT2D eigenvalue weighted by molar-refractivity contribution is 6.11. The maximum atomic E-state index is 14.3. The third-order valence-corrected chi connectivity index (χ3v) is 7.70. The maximum Gasteiger partial charge on any atom is 0.410 e. The Hall–Kier alpha value is -4.14. The Kier molecular flexibility index (Phi) is 6.20. The number of likely N-dealkylation sites (tertiary alicyclic amines) is 1. The molecule has 2 amide bonds. The number of para-hydroxylation sites is 1. The van der Waals surface area contributed by atoms with Gasteiger partial charge in [-0.1, -0.05) is 30.3 Å². The molecule has 3 aliphatic heterocycles. The molecule has 3 heterocycles. The van der Waals surface area contributed by atoms with E-state index in [4.69, 9.17) is 9.47 Å². The van der Waals surface area contributed by atoms with Crippen LogP contribution in [0.2, 0.25) is 0 Å². The molecule has 208 valence electrons. The number of carbonyl (C=O) groups is 2. The van der Waals surface area contributed by atoms with Crippen molar-refractivity contribution >= 4 is 23.4 Å². The lowest BCUT2D eigenvalue weighted by molar-refractivity contribution is -0.122. The monoisotopic (exact) mass is 547 g/mol. The van der Waals surface area contributed by atoms with E-state index in [-0.39, 0.29) is 30.4 Å². The lowest BCUT2D eigenvalue weighted by Gasteiger charge is -2.24. The van der Waals surface area contributed by atoms with Gasteiger partial charge in [0, 0.05) is 42.1 Å². The van der Waals surface area contributed by atoms with Gasteiger partial charge in [0.25, 0.3) is 0 Å². The summed E-state index contributed by atoms with van der Waals surface area (Å²) in [4.78, 5) is 29.8. The number of hydrogen-bond acceptors (Lipinski definition) is 5. The number of fused-ring (bicyclic) bond motifs is 4. The number of benzene rings is 3. The van der Waals surface area contributed by atoms with Crippen molar-refractivity contribution in [2.75, 3.05) is 29.9 Å². The zero-order valence-corrected chi connectivity index (χ0v) is 22.7. The summed E-state index contributed by atoms with van der Waals surface area (Å²) >= 11 is 0. The topological polar surface area (TPSA) is 71.1 Å². The summed E-state index contributed by atoms with van der Waals surface area (Å²) in [5.74, 6) is -2.05. The van der Waals surface area contributed by atoms with E-state index in [0.717, 1.165) is 41.1 Å². The van der Waals surface area contributed by atoms with E-state index in [2.05, 4.69) is 5.32 Å². The second-order valence-corrected chi connectivity index (χ2v) is 11.6. The molecule has 2 unspecified atom stereocenters. The molecule has 3 aliphatic rings. The summed E-state index contributed by atoms with van der Waals surface area (Å²) < 4.78 is 39.4. The van der Waals surface area contributed by atoms with Gasteiger partial charge in [0.05, 0.1) is 6.54 Å². The van der Waals surface area contributed by atoms with Crippen LogP contribution in [0.15, 0.2) is 60.7 Å². The molecule has 0 aliphatic carbocycles. The van der Waals surface area contributed by atoms with Crippen LogP contribution in [0.3, 0.4) is 0 Å². The normalized spacial score (nSPS) is 21.4. The van der Waals surface area contributed by atoms with Crippen LogP contribution >= 0.6 is 0 Å². The number of carbonyl (C=O) groups excluding carboxylic acids is 2. The molecule has 9 heteroatoms. The molecular formula is C31H31F2N3O4.